The average Bonchev–Trinajstić information content (AvgIpc) is 2.54. The van der Waals surface area contributed by atoms with Gasteiger partial charge in [-0.1, -0.05) is 41.5 Å². The summed E-state index contributed by atoms with van der Waals surface area (Å²) >= 11 is 0. The average molecular weight is 300 g/mol. The molecule has 0 aliphatic carbocycles. The Balaban J connectivity index is 0.00000242. The summed E-state index contributed by atoms with van der Waals surface area (Å²) in [6.07, 6.45) is 1.88. The molecule has 0 saturated heterocycles. The van der Waals surface area contributed by atoms with E-state index in [-0.39, 0.29) is 44.3 Å². The van der Waals surface area contributed by atoms with Gasteiger partial charge < -0.3 is 19.3 Å². The van der Waals surface area contributed by atoms with Gasteiger partial charge in [0, 0.05) is 0 Å². The molecule has 0 heterocycles. The van der Waals surface area contributed by atoms with Crippen molar-refractivity contribution in [2.75, 3.05) is 21.3 Å². The topological polar surface area (TPSA) is 50.8 Å². The Morgan fingerprint density at radius 3 is 2.17 bits per heavy atom. The third-order valence-electron chi connectivity index (χ3n) is 3.27. The van der Waals surface area contributed by atoms with Crippen molar-refractivity contribution in [3.05, 3.63) is 59.5 Å². The van der Waals surface area contributed by atoms with Crippen LogP contribution < -0.4 is 57.0 Å². The van der Waals surface area contributed by atoms with Crippen molar-refractivity contribution in [3.8, 4) is 17.2 Å². The van der Waals surface area contributed by atoms with Crippen LogP contribution in [0.25, 0.3) is 0 Å². The molecule has 112 valence electrons. The Morgan fingerprint density at radius 2 is 1.61 bits per heavy atom. The summed E-state index contributed by atoms with van der Waals surface area (Å²) in [7, 11) is 4.80. The van der Waals surface area contributed by atoms with Crippen LogP contribution in [0.15, 0.2) is 36.4 Å². The van der Waals surface area contributed by atoms with Crippen LogP contribution in [-0.2, 0) is 6.61 Å². The van der Waals surface area contributed by atoms with Gasteiger partial charge in [-0.15, -0.1) is 18.6 Å². The van der Waals surface area contributed by atoms with Crippen LogP contribution in [-0.4, -0.2) is 21.3 Å². The van der Waals surface area contributed by atoms with Crippen LogP contribution in [0.4, 0.5) is 0 Å². The van der Waals surface area contributed by atoms with Gasteiger partial charge >= 0.3 is 37.7 Å². The molecule has 0 saturated carbocycles. The molecule has 0 aliphatic heterocycles. The summed E-state index contributed by atoms with van der Waals surface area (Å²) in [5.41, 5.74) is 2.27. The molecule has 0 amide bonds. The molecule has 0 bridgehead atoms. The van der Waals surface area contributed by atoms with Gasteiger partial charge in [0.15, 0.2) is 0 Å². The molecule has 0 N–H and O–H groups in total. The minimum atomic E-state index is -0.310. The first-order valence-corrected chi connectivity index (χ1v) is 6.54. The predicted octanol–water partition coefficient (Wildman–Crippen LogP) is -3.82. The van der Waals surface area contributed by atoms with Crippen molar-refractivity contribution >= 4 is 0 Å². The molecule has 6 heteroatoms. The zero-order valence-corrected chi connectivity index (χ0v) is 14.4. The molecule has 0 aliphatic rings. The SMILES string of the molecule is COc1ccc(OC)c([CH-]c2c(C[O-])cccc2OC)c1.[Li+].[Li+]. The fraction of sp³-hybridized carbons (Fsp3) is 0.235. The van der Waals surface area contributed by atoms with E-state index in [1.165, 1.54) is 0 Å². The first kappa shape index (κ1) is 21.9. The van der Waals surface area contributed by atoms with Gasteiger partial charge in [-0.3, -0.25) is 0 Å². The van der Waals surface area contributed by atoms with Gasteiger partial charge in [-0.25, -0.2) is 0 Å². The quantitative estimate of drug-likeness (QED) is 0.405. The maximum Gasteiger partial charge on any atom is 1.00 e. The van der Waals surface area contributed by atoms with Gasteiger partial charge in [0.2, 0.25) is 0 Å². The third kappa shape index (κ3) is 5.18. The van der Waals surface area contributed by atoms with Gasteiger partial charge in [-0.05, 0) is 6.07 Å². The van der Waals surface area contributed by atoms with Gasteiger partial charge in [-0.2, -0.15) is 0 Å². The zero-order chi connectivity index (χ0) is 15.2. The molecule has 2 aromatic carbocycles. The van der Waals surface area contributed by atoms with Gasteiger partial charge in [0.1, 0.15) is 0 Å². The number of ether oxygens (including phenoxy) is 3. The number of methoxy groups -OCH3 is 3. The van der Waals surface area contributed by atoms with Crippen molar-refractivity contribution in [3.63, 3.8) is 0 Å². The van der Waals surface area contributed by atoms with E-state index in [1.54, 1.807) is 27.4 Å². The Bertz CT molecular complexity index is 595. The second-order valence-electron chi connectivity index (χ2n) is 4.43. The van der Waals surface area contributed by atoms with E-state index in [2.05, 4.69) is 0 Å². The van der Waals surface area contributed by atoms with E-state index >= 15 is 0 Å². The van der Waals surface area contributed by atoms with Crippen molar-refractivity contribution < 1.29 is 57.0 Å². The molecule has 0 radical (unpaired) electrons. The van der Waals surface area contributed by atoms with Gasteiger partial charge in [0.25, 0.3) is 0 Å². The normalized spacial score (nSPS) is 9.22. The number of rotatable bonds is 6. The Hall–Kier alpha value is -1.14. The summed E-state index contributed by atoms with van der Waals surface area (Å²) in [5.74, 6) is 2.09. The first-order chi connectivity index (χ1) is 10.2. The molecule has 0 aromatic heterocycles. The number of hydrogen-bond donors (Lipinski definition) is 0. The zero-order valence-electron chi connectivity index (χ0n) is 14.4. The van der Waals surface area contributed by atoms with E-state index in [1.807, 2.05) is 36.8 Å². The Labute approximate surface area is 161 Å². The summed E-state index contributed by atoms with van der Waals surface area (Å²) in [5, 5.41) is 11.4. The van der Waals surface area contributed by atoms with Crippen molar-refractivity contribution in [1.29, 1.82) is 0 Å². The summed E-state index contributed by atoms with van der Waals surface area (Å²) < 4.78 is 15.9. The van der Waals surface area contributed by atoms with E-state index in [0.29, 0.717) is 17.1 Å². The first-order valence-electron chi connectivity index (χ1n) is 6.54. The van der Waals surface area contributed by atoms with Crippen LogP contribution in [0.2, 0.25) is 0 Å². The van der Waals surface area contributed by atoms with E-state index in [4.69, 9.17) is 14.2 Å². The van der Waals surface area contributed by atoms with Crippen molar-refractivity contribution in [2.24, 2.45) is 0 Å². The molecule has 2 aromatic rings. The Kier molecular flexibility index (Phi) is 10.1. The molecule has 23 heavy (non-hydrogen) atoms. The monoisotopic (exact) mass is 300 g/mol. The fourth-order valence-electron chi connectivity index (χ4n) is 2.16. The summed E-state index contributed by atoms with van der Waals surface area (Å²) in [6.45, 7) is -0.310. The van der Waals surface area contributed by atoms with E-state index < -0.39 is 0 Å². The van der Waals surface area contributed by atoms with E-state index in [0.717, 1.165) is 16.9 Å². The summed E-state index contributed by atoms with van der Waals surface area (Å²) in [6, 6.07) is 11.0. The molecule has 0 spiro atoms. The number of hydrogen-bond acceptors (Lipinski definition) is 4. The largest absolute Gasteiger partial charge is 1.00 e. The maximum absolute atomic E-state index is 11.4. The third-order valence-corrected chi connectivity index (χ3v) is 3.27. The van der Waals surface area contributed by atoms with E-state index in [9.17, 15) is 5.11 Å². The minimum absolute atomic E-state index is 0. The van der Waals surface area contributed by atoms with Crippen LogP contribution in [0.3, 0.4) is 0 Å². The van der Waals surface area contributed by atoms with Crippen molar-refractivity contribution in [1.82, 2.24) is 0 Å². The maximum atomic E-state index is 11.4. The fourth-order valence-corrected chi connectivity index (χ4v) is 2.16. The summed E-state index contributed by atoms with van der Waals surface area (Å²) in [4.78, 5) is 0. The molecule has 2 rings (SSSR count). The molecule has 4 nitrogen and oxygen atoms in total. The molecule has 0 unspecified atom stereocenters. The molecular weight excluding hydrogens is 282 g/mol. The van der Waals surface area contributed by atoms with Gasteiger partial charge in [0.05, 0.1) is 38.6 Å². The molecule has 0 fully saturated rings. The predicted molar refractivity (Wildman–Crippen MR) is 78.7 cm³/mol. The van der Waals surface area contributed by atoms with Crippen LogP contribution in [0, 0.1) is 6.42 Å². The van der Waals surface area contributed by atoms with Crippen molar-refractivity contribution in [2.45, 2.75) is 6.61 Å². The van der Waals surface area contributed by atoms with Crippen LogP contribution >= 0.6 is 0 Å². The van der Waals surface area contributed by atoms with Crippen LogP contribution in [0.1, 0.15) is 16.7 Å². The minimum Gasteiger partial charge on any atom is -0.857 e. The molecular formula is C17H18Li2O4. The second kappa shape index (κ2) is 10.6. The molecule has 0 atom stereocenters. The number of benzene rings is 2. The standard InChI is InChI=1S/C17H18O4.2Li/c1-19-14-7-8-16(20-2)13(9-14)10-15-12(11-18)5-4-6-17(15)21-3;;/h4-10H,11H2,1-3H3;;/q-2;2*+1. The Morgan fingerprint density at radius 1 is 0.913 bits per heavy atom. The van der Waals surface area contributed by atoms with Crippen LogP contribution in [0.5, 0.6) is 17.2 Å². The smallest absolute Gasteiger partial charge is 0.857 e. The second-order valence-corrected chi connectivity index (χ2v) is 4.43.